The van der Waals surface area contributed by atoms with E-state index in [1.54, 1.807) is 36.4 Å². The molecule has 0 radical (unpaired) electrons. The Balaban J connectivity index is 0.00000417. The first-order valence-corrected chi connectivity index (χ1v) is 16.1. The van der Waals surface area contributed by atoms with Crippen LogP contribution in [0.25, 0.3) is 0 Å². The lowest BCUT2D eigenvalue weighted by Crippen LogP contribution is -2.55. The van der Waals surface area contributed by atoms with Crippen LogP contribution in [0.3, 0.4) is 0 Å². The Morgan fingerprint density at radius 2 is 1.70 bits per heavy atom. The summed E-state index contributed by atoms with van der Waals surface area (Å²) >= 11 is 12.5. The lowest BCUT2D eigenvalue weighted by Gasteiger charge is -2.36. The maximum absolute atomic E-state index is 14.0. The summed E-state index contributed by atoms with van der Waals surface area (Å²) in [4.78, 5) is 29.3. The first-order chi connectivity index (χ1) is 21.9. The van der Waals surface area contributed by atoms with E-state index >= 15 is 0 Å². The van der Waals surface area contributed by atoms with Crippen molar-refractivity contribution in [1.82, 2.24) is 15.5 Å². The monoisotopic (exact) mass is 689 g/mol. The number of para-hydroxylation sites is 1. The fourth-order valence-corrected chi connectivity index (χ4v) is 6.51. The molecule has 1 saturated carbocycles. The zero-order valence-electron chi connectivity index (χ0n) is 25.6. The number of carbonyl (C=O) groups excluding carboxylic acids is 2. The van der Waals surface area contributed by atoms with E-state index in [-0.39, 0.29) is 55.4 Å². The van der Waals surface area contributed by atoms with E-state index in [9.17, 15) is 9.59 Å². The predicted molar refractivity (Wildman–Crippen MR) is 179 cm³/mol. The Hall–Kier alpha value is -3.37. The molecule has 3 aromatic carbocycles. The summed E-state index contributed by atoms with van der Waals surface area (Å²) in [5.74, 6) is 1.91. The number of nitrogens with zero attached hydrogens (tertiary/aromatic N) is 1. The van der Waals surface area contributed by atoms with Gasteiger partial charge >= 0.3 is 0 Å². The van der Waals surface area contributed by atoms with Gasteiger partial charge in [-0.05, 0) is 80.8 Å². The second kappa shape index (κ2) is 15.5. The minimum atomic E-state index is -0.377. The molecule has 0 spiro atoms. The standard InChI is InChI=1S/C34H37Cl2N3O6.ClH/c1-21-17-27(35)32(28(36)18-21)45-15-13-42-25-9-5-22(6-10-25)33(40)38-29-11-12-37-19-26(29)34(41)39(24-7-8-24)20-23-3-2-4-30-31(23)44-16-14-43-30;/h2-6,9-10,17-18,24,26,29,37H,7-8,11-16,19-20H2,1H3,(H,38,40);1H. The topological polar surface area (TPSA) is 98.4 Å². The normalized spacial score (nSPS) is 18.6. The third-order valence-electron chi connectivity index (χ3n) is 8.23. The number of rotatable bonds is 11. The van der Waals surface area contributed by atoms with Gasteiger partial charge in [-0.15, -0.1) is 12.4 Å². The molecular formula is C34H38Cl3N3O6. The second-order valence-electron chi connectivity index (χ2n) is 11.6. The molecular weight excluding hydrogens is 653 g/mol. The SMILES string of the molecule is Cc1cc(Cl)c(OCCOc2ccc(C(=O)NC3CCNCC3C(=O)N(Cc3cccc4c3OCCO4)C3CC3)cc2)c(Cl)c1.Cl. The van der Waals surface area contributed by atoms with Crippen LogP contribution < -0.4 is 29.6 Å². The zero-order valence-corrected chi connectivity index (χ0v) is 27.9. The van der Waals surface area contributed by atoms with E-state index in [0.29, 0.717) is 71.3 Å². The Kier molecular flexibility index (Phi) is 11.4. The molecule has 2 amide bonds. The highest BCUT2D eigenvalue weighted by molar-refractivity contribution is 6.37. The number of fused-ring (bicyclic) bond motifs is 1. The van der Waals surface area contributed by atoms with Crippen LogP contribution in [-0.2, 0) is 11.3 Å². The summed E-state index contributed by atoms with van der Waals surface area (Å²) in [5, 5.41) is 7.40. The maximum atomic E-state index is 14.0. The number of aryl methyl sites for hydroxylation is 1. The van der Waals surface area contributed by atoms with E-state index in [2.05, 4.69) is 10.6 Å². The first-order valence-electron chi connectivity index (χ1n) is 15.4. The number of ether oxygens (including phenoxy) is 4. The summed E-state index contributed by atoms with van der Waals surface area (Å²) in [6, 6.07) is 16.2. The van der Waals surface area contributed by atoms with E-state index in [0.717, 1.165) is 30.5 Å². The highest BCUT2D eigenvalue weighted by atomic mass is 35.5. The van der Waals surface area contributed by atoms with Crippen LogP contribution in [0, 0.1) is 12.8 Å². The molecule has 2 fully saturated rings. The molecule has 3 aliphatic rings. The van der Waals surface area contributed by atoms with Gasteiger partial charge in [0, 0.05) is 36.3 Å². The van der Waals surface area contributed by atoms with Gasteiger partial charge in [-0.1, -0.05) is 35.3 Å². The molecule has 46 heavy (non-hydrogen) atoms. The fraction of sp³-hybridized carbons (Fsp3) is 0.412. The van der Waals surface area contributed by atoms with Crippen molar-refractivity contribution in [3.05, 3.63) is 81.3 Å². The molecule has 2 heterocycles. The molecule has 246 valence electrons. The van der Waals surface area contributed by atoms with E-state index in [1.165, 1.54) is 0 Å². The number of amides is 2. The summed E-state index contributed by atoms with van der Waals surface area (Å²) in [5.41, 5.74) is 2.38. The smallest absolute Gasteiger partial charge is 0.251 e. The Labute approximate surface area is 285 Å². The van der Waals surface area contributed by atoms with Crippen molar-refractivity contribution in [3.63, 3.8) is 0 Å². The van der Waals surface area contributed by atoms with Crippen molar-refractivity contribution in [2.24, 2.45) is 5.92 Å². The van der Waals surface area contributed by atoms with Gasteiger partial charge in [0.25, 0.3) is 5.91 Å². The van der Waals surface area contributed by atoms with Crippen LogP contribution in [0.15, 0.2) is 54.6 Å². The summed E-state index contributed by atoms with van der Waals surface area (Å²) in [6.45, 7) is 5.12. The van der Waals surface area contributed by atoms with Gasteiger partial charge in [0.05, 0.1) is 16.0 Å². The van der Waals surface area contributed by atoms with Crippen molar-refractivity contribution in [2.45, 2.75) is 44.8 Å². The molecule has 1 saturated heterocycles. The lowest BCUT2D eigenvalue weighted by atomic mass is 9.91. The summed E-state index contributed by atoms with van der Waals surface area (Å²) in [7, 11) is 0. The van der Waals surface area contributed by atoms with Gasteiger partial charge in [0.1, 0.15) is 32.2 Å². The lowest BCUT2D eigenvalue weighted by molar-refractivity contribution is -0.138. The second-order valence-corrected chi connectivity index (χ2v) is 12.4. The molecule has 0 bridgehead atoms. The maximum Gasteiger partial charge on any atom is 0.251 e. The number of halogens is 3. The van der Waals surface area contributed by atoms with Gasteiger partial charge in [-0.3, -0.25) is 9.59 Å². The molecule has 2 atom stereocenters. The van der Waals surface area contributed by atoms with E-state index in [4.69, 9.17) is 42.1 Å². The van der Waals surface area contributed by atoms with E-state index in [1.807, 2.05) is 30.0 Å². The van der Waals surface area contributed by atoms with Gasteiger partial charge in [-0.25, -0.2) is 0 Å². The van der Waals surface area contributed by atoms with Crippen LogP contribution in [0.2, 0.25) is 10.0 Å². The van der Waals surface area contributed by atoms with Crippen molar-refractivity contribution in [3.8, 4) is 23.0 Å². The number of piperidine rings is 1. The van der Waals surface area contributed by atoms with Crippen LogP contribution in [-0.4, -0.2) is 68.3 Å². The minimum Gasteiger partial charge on any atom is -0.490 e. The average molecular weight is 691 g/mol. The van der Waals surface area contributed by atoms with Crippen molar-refractivity contribution >= 4 is 47.4 Å². The largest absolute Gasteiger partial charge is 0.490 e. The van der Waals surface area contributed by atoms with Crippen LogP contribution >= 0.6 is 35.6 Å². The average Bonchev–Trinajstić information content (AvgIpc) is 3.89. The highest BCUT2D eigenvalue weighted by Crippen LogP contribution is 2.38. The Morgan fingerprint density at radius 1 is 0.978 bits per heavy atom. The summed E-state index contributed by atoms with van der Waals surface area (Å²) < 4.78 is 23.2. The zero-order chi connectivity index (χ0) is 31.3. The van der Waals surface area contributed by atoms with Crippen LogP contribution in [0.1, 0.15) is 40.7 Å². The Morgan fingerprint density at radius 3 is 2.43 bits per heavy atom. The third kappa shape index (κ3) is 8.12. The molecule has 0 aromatic heterocycles. The predicted octanol–water partition coefficient (Wildman–Crippen LogP) is 5.85. The molecule has 9 nitrogen and oxygen atoms in total. The number of benzene rings is 3. The number of nitrogens with one attached hydrogen (secondary N) is 2. The van der Waals surface area contributed by atoms with Gasteiger partial charge in [0.2, 0.25) is 5.91 Å². The van der Waals surface area contributed by atoms with Gasteiger partial charge in [-0.2, -0.15) is 0 Å². The highest BCUT2D eigenvalue weighted by Gasteiger charge is 2.40. The Bertz CT molecular complexity index is 1510. The third-order valence-corrected chi connectivity index (χ3v) is 8.79. The summed E-state index contributed by atoms with van der Waals surface area (Å²) in [6.07, 6.45) is 2.61. The van der Waals surface area contributed by atoms with Crippen LogP contribution in [0.4, 0.5) is 0 Å². The van der Waals surface area contributed by atoms with Gasteiger partial charge in [0.15, 0.2) is 17.2 Å². The molecule has 2 unspecified atom stereocenters. The minimum absolute atomic E-state index is 0. The molecule has 2 aliphatic heterocycles. The van der Waals surface area contributed by atoms with E-state index < -0.39 is 0 Å². The molecule has 2 N–H and O–H groups in total. The van der Waals surface area contributed by atoms with Crippen molar-refractivity contribution in [1.29, 1.82) is 0 Å². The number of hydrogen-bond donors (Lipinski definition) is 2. The molecule has 3 aromatic rings. The van der Waals surface area contributed by atoms with Crippen molar-refractivity contribution < 1.29 is 28.5 Å². The fourth-order valence-electron chi connectivity index (χ4n) is 5.80. The van der Waals surface area contributed by atoms with Crippen LogP contribution in [0.5, 0.6) is 23.0 Å². The van der Waals surface area contributed by atoms with Gasteiger partial charge < -0.3 is 34.5 Å². The first kappa shape index (κ1) is 34.0. The number of carbonyl (C=O) groups is 2. The molecule has 12 heteroatoms. The number of hydrogen-bond acceptors (Lipinski definition) is 7. The van der Waals surface area contributed by atoms with Crippen molar-refractivity contribution in [2.75, 3.05) is 39.5 Å². The molecule has 1 aliphatic carbocycles. The molecule has 6 rings (SSSR count). The quantitative estimate of drug-likeness (QED) is 0.244.